The molecule has 0 aliphatic heterocycles. The number of hydrogen-bond acceptors (Lipinski definition) is 4. The molecular weight excluding hydrogens is 272 g/mol. The molecule has 96 valence electrons. The van der Waals surface area contributed by atoms with Crippen LogP contribution in [0.25, 0.3) is 17.1 Å². The van der Waals surface area contributed by atoms with Gasteiger partial charge in [-0.05, 0) is 35.9 Å². The van der Waals surface area contributed by atoms with E-state index in [0.29, 0.717) is 11.3 Å². The predicted octanol–water partition coefficient (Wildman–Crippen LogP) is 2.65. The van der Waals surface area contributed by atoms with Gasteiger partial charge in [0.05, 0.1) is 11.7 Å². The van der Waals surface area contributed by atoms with Crippen molar-refractivity contribution in [1.82, 2.24) is 9.38 Å². The topological polar surface area (TPSA) is 88.0 Å². The first-order chi connectivity index (χ1) is 9.06. The second-order valence-corrected chi connectivity index (χ2v) is 4.21. The van der Waals surface area contributed by atoms with Crippen molar-refractivity contribution in [1.29, 1.82) is 0 Å². The highest BCUT2D eigenvalue weighted by atomic mass is 35.5. The van der Waals surface area contributed by atoms with E-state index in [2.05, 4.69) is 4.98 Å². The fourth-order valence-corrected chi connectivity index (χ4v) is 1.99. The molecule has 0 aromatic carbocycles. The van der Waals surface area contributed by atoms with Gasteiger partial charge in [-0.2, -0.15) is 0 Å². The van der Waals surface area contributed by atoms with Crippen molar-refractivity contribution in [3.8, 4) is 17.3 Å². The molecule has 0 radical (unpaired) electrons. The van der Waals surface area contributed by atoms with Gasteiger partial charge >= 0.3 is 5.97 Å². The van der Waals surface area contributed by atoms with Gasteiger partial charge in [0.15, 0.2) is 22.5 Å². The molecule has 7 heteroatoms. The molecule has 6 nitrogen and oxygen atoms in total. The molecule has 2 N–H and O–H groups in total. The predicted molar refractivity (Wildman–Crippen MR) is 66.5 cm³/mol. The lowest BCUT2D eigenvalue weighted by Gasteiger charge is -1.98. The van der Waals surface area contributed by atoms with Crippen LogP contribution in [0.5, 0.6) is 5.75 Å². The maximum Gasteiger partial charge on any atom is 0.356 e. The van der Waals surface area contributed by atoms with Gasteiger partial charge in [0.25, 0.3) is 0 Å². The van der Waals surface area contributed by atoms with E-state index >= 15 is 0 Å². The molecule has 0 spiro atoms. The third kappa shape index (κ3) is 1.82. The van der Waals surface area contributed by atoms with Gasteiger partial charge in [0.2, 0.25) is 0 Å². The summed E-state index contributed by atoms with van der Waals surface area (Å²) in [5.74, 6) is -0.596. The minimum Gasteiger partial charge on any atom is -0.506 e. The summed E-state index contributed by atoms with van der Waals surface area (Å²) in [6.07, 6.45) is 1.36. The summed E-state index contributed by atoms with van der Waals surface area (Å²) >= 11 is 5.69. The molecule has 0 bridgehead atoms. The Morgan fingerprint density at radius 2 is 2.11 bits per heavy atom. The minimum absolute atomic E-state index is 0.0132. The Balaban J connectivity index is 2.35. The van der Waals surface area contributed by atoms with Crippen LogP contribution in [0.2, 0.25) is 5.22 Å². The number of aromatic hydroxyl groups is 1. The van der Waals surface area contributed by atoms with E-state index in [4.69, 9.17) is 21.1 Å². The molecule has 0 amide bonds. The number of rotatable bonds is 2. The van der Waals surface area contributed by atoms with E-state index < -0.39 is 5.97 Å². The molecule has 0 fully saturated rings. The number of aromatic nitrogens is 2. The van der Waals surface area contributed by atoms with E-state index in [1.807, 2.05) is 0 Å². The SMILES string of the molecule is O=C(O)c1nc(-c2ccc(Cl)o2)n2cc(O)ccc12. The van der Waals surface area contributed by atoms with Crippen molar-refractivity contribution in [3.05, 3.63) is 41.4 Å². The lowest BCUT2D eigenvalue weighted by Crippen LogP contribution is -1.97. The first-order valence-electron chi connectivity index (χ1n) is 5.26. The zero-order chi connectivity index (χ0) is 13.6. The average molecular weight is 279 g/mol. The number of hydrogen-bond donors (Lipinski definition) is 2. The van der Waals surface area contributed by atoms with Crippen LogP contribution in [-0.2, 0) is 0 Å². The van der Waals surface area contributed by atoms with E-state index in [0.717, 1.165) is 0 Å². The van der Waals surface area contributed by atoms with Crippen molar-refractivity contribution in [2.24, 2.45) is 0 Å². The highest BCUT2D eigenvalue weighted by Crippen LogP contribution is 2.27. The minimum atomic E-state index is -1.16. The van der Waals surface area contributed by atoms with Gasteiger partial charge in [0.1, 0.15) is 5.75 Å². The van der Waals surface area contributed by atoms with Gasteiger partial charge in [-0.1, -0.05) is 0 Å². The van der Waals surface area contributed by atoms with Gasteiger partial charge in [-0.3, -0.25) is 4.40 Å². The summed E-state index contributed by atoms with van der Waals surface area (Å²) in [6.45, 7) is 0. The Labute approximate surface area is 111 Å². The summed E-state index contributed by atoms with van der Waals surface area (Å²) < 4.78 is 6.66. The maximum absolute atomic E-state index is 11.2. The second-order valence-electron chi connectivity index (χ2n) is 3.84. The lowest BCUT2D eigenvalue weighted by atomic mass is 10.3. The number of carboxylic acid groups (broad SMARTS) is 1. The highest BCUT2D eigenvalue weighted by molar-refractivity contribution is 6.28. The van der Waals surface area contributed by atoms with Crippen molar-refractivity contribution in [2.45, 2.75) is 0 Å². The van der Waals surface area contributed by atoms with Crippen LogP contribution in [0, 0.1) is 0 Å². The van der Waals surface area contributed by atoms with Gasteiger partial charge in [-0.25, -0.2) is 9.78 Å². The maximum atomic E-state index is 11.2. The van der Waals surface area contributed by atoms with Crippen LogP contribution in [0.3, 0.4) is 0 Å². The zero-order valence-corrected chi connectivity index (χ0v) is 10.1. The number of pyridine rings is 1. The van der Waals surface area contributed by atoms with Crippen LogP contribution in [0.1, 0.15) is 10.5 Å². The first-order valence-corrected chi connectivity index (χ1v) is 5.64. The quantitative estimate of drug-likeness (QED) is 0.752. The molecule has 19 heavy (non-hydrogen) atoms. The fraction of sp³-hybridized carbons (Fsp3) is 0. The largest absolute Gasteiger partial charge is 0.506 e. The summed E-state index contributed by atoms with van der Waals surface area (Å²) in [5, 5.41) is 18.8. The number of furan rings is 1. The van der Waals surface area contributed by atoms with Crippen molar-refractivity contribution >= 4 is 23.1 Å². The Bertz CT molecular complexity index is 790. The molecule has 3 heterocycles. The molecule has 3 rings (SSSR count). The normalized spacial score (nSPS) is 11.0. The molecule has 0 aliphatic rings. The van der Waals surface area contributed by atoms with E-state index in [-0.39, 0.29) is 22.5 Å². The van der Waals surface area contributed by atoms with Crippen molar-refractivity contribution < 1.29 is 19.4 Å². The standard InChI is InChI=1S/C12H7ClN2O4/c13-9-4-3-8(19-9)11-14-10(12(17)18)7-2-1-6(16)5-15(7)11/h1-5,16H,(H,17,18). The van der Waals surface area contributed by atoms with Crippen LogP contribution >= 0.6 is 11.6 Å². The van der Waals surface area contributed by atoms with Gasteiger partial charge < -0.3 is 14.6 Å². The third-order valence-corrected chi connectivity index (χ3v) is 2.82. The van der Waals surface area contributed by atoms with Crippen LogP contribution in [-0.4, -0.2) is 25.6 Å². The molecule has 0 unspecified atom stereocenters. The Hall–Kier alpha value is -2.47. The Morgan fingerprint density at radius 3 is 2.74 bits per heavy atom. The van der Waals surface area contributed by atoms with Crippen LogP contribution in [0.15, 0.2) is 34.9 Å². The fourth-order valence-electron chi connectivity index (χ4n) is 1.84. The third-order valence-electron chi connectivity index (χ3n) is 2.62. The van der Waals surface area contributed by atoms with Crippen molar-refractivity contribution in [2.75, 3.05) is 0 Å². The number of halogens is 1. The average Bonchev–Trinajstić information content (AvgIpc) is 2.92. The Kier molecular flexibility index (Phi) is 2.46. The number of nitrogens with zero attached hydrogens (tertiary/aromatic N) is 2. The summed E-state index contributed by atoms with van der Waals surface area (Å²) in [6, 6.07) is 5.97. The summed E-state index contributed by atoms with van der Waals surface area (Å²) in [7, 11) is 0. The van der Waals surface area contributed by atoms with Crippen LogP contribution < -0.4 is 0 Å². The van der Waals surface area contributed by atoms with Crippen LogP contribution in [0.4, 0.5) is 0 Å². The summed E-state index contributed by atoms with van der Waals surface area (Å²) in [5.41, 5.74) is 0.232. The van der Waals surface area contributed by atoms with E-state index in [1.54, 1.807) is 6.07 Å². The van der Waals surface area contributed by atoms with Crippen molar-refractivity contribution in [3.63, 3.8) is 0 Å². The number of imidazole rings is 1. The zero-order valence-electron chi connectivity index (χ0n) is 9.37. The molecular formula is C12H7ClN2O4. The molecule has 0 saturated carbocycles. The molecule has 0 aliphatic carbocycles. The molecule has 3 aromatic heterocycles. The van der Waals surface area contributed by atoms with E-state index in [9.17, 15) is 9.90 Å². The smallest absolute Gasteiger partial charge is 0.356 e. The Morgan fingerprint density at radius 1 is 1.32 bits per heavy atom. The molecule has 3 aromatic rings. The highest BCUT2D eigenvalue weighted by Gasteiger charge is 2.19. The van der Waals surface area contributed by atoms with E-state index in [1.165, 1.54) is 28.8 Å². The number of carboxylic acids is 1. The molecule has 0 atom stereocenters. The number of carbonyl (C=O) groups is 1. The van der Waals surface area contributed by atoms with Gasteiger partial charge in [0, 0.05) is 0 Å². The monoisotopic (exact) mass is 278 g/mol. The molecule has 0 saturated heterocycles. The van der Waals surface area contributed by atoms with Gasteiger partial charge in [-0.15, -0.1) is 0 Å². The number of fused-ring (bicyclic) bond motifs is 1. The lowest BCUT2D eigenvalue weighted by molar-refractivity contribution is 0.0693. The summed E-state index contributed by atoms with van der Waals surface area (Å²) in [4.78, 5) is 15.2. The number of aromatic carboxylic acids is 1. The second kappa shape index (κ2) is 4.03. The first kappa shape index (κ1) is 11.6.